The summed E-state index contributed by atoms with van der Waals surface area (Å²) in [6.45, 7) is 1.04. The number of hydrogen-bond donors (Lipinski definition) is 1. The normalized spacial score (nSPS) is 25.8. The second-order valence-corrected chi connectivity index (χ2v) is 9.52. The molecule has 1 heterocycles. The van der Waals surface area contributed by atoms with Crippen molar-refractivity contribution in [3.05, 3.63) is 64.7 Å². The molecule has 2 aromatic carbocycles. The van der Waals surface area contributed by atoms with Gasteiger partial charge in [-0.1, -0.05) is 30.9 Å². The molecular formula is C27H27F3N2O. The molecule has 1 aliphatic heterocycles. The van der Waals surface area contributed by atoms with Crippen LogP contribution in [-0.4, -0.2) is 25.5 Å². The number of anilines is 1. The zero-order valence-electron chi connectivity index (χ0n) is 18.6. The maximum atomic E-state index is 12.9. The fourth-order valence-corrected chi connectivity index (χ4v) is 6.32. The number of benzene rings is 2. The van der Waals surface area contributed by atoms with E-state index in [0.717, 1.165) is 37.2 Å². The second kappa shape index (κ2) is 8.22. The van der Waals surface area contributed by atoms with Crippen LogP contribution in [0.3, 0.4) is 0 Å². The van der Waals surface area contributed by atoms with Crippen molar-refractivity contribution in [2.24, 2.45) is 5.92 Å². The highest BCUT2D eigenvalue weighted by atomic mass is 19.4. The highest BCUT2D eigenvalue weighted by molar-refractivity contribution is 6.06. The van der Waals surface area contributed by atoms with E-state index in [1.165, 1.54) is 48.9 Å². The minimum absolute atomic E-state index is 0.202. The van der Waals surface area contributed by atoms with Crippen LogP contribution < -0.4 is 10.2 Å². The molecule has 0 spiro atoms. The zero-order valence-corrected chi connectivity index (χ0v) is 18.6. The molecule has 1 N–H and O–H groups in total. The van der Waals surface area contributed by atoms with Gasteiger partial charge in [-0.05, 0) is 79.6 Å². The van der Waals surface area contributed by atoms with Gasteiger partial charge >= 0.3 is 12.1 Å². The largest absolute Gasteiger partial charge is 0.416 e. The average Bonchev–Trinajstić information content (AvgIpc) is 2.81. The molecule has 1 saturated carbocycles. The third-order valence-electron chi connectivity index (χ3n) is 7.86. The van der Waals surface area contributed by atoms with Crippen molar-refractivity contribution in [2.75, 3.05) is 18.5 Å². The Kier molecular flexibility index (Phi) is 5.49. The predicted molar refractivity (Wildman–Crippen MR) is 122 cm³/mol. The van der Waals surface area contributed by atoms with E-state index in [2.05, 4.69) is 23.2 Å². The first-order chi connectivity index (χ1) is 15.8. The van der Waals surface area contributed by atoms with Crippen molar-refractivity contribution < 1.29 is 18.0 Å². The van der Waals surface area contributed by atoms with E-state index in [0.29, 0.717) is 17.5 Å². The van der Waals surface area contributed by atoms with E-state index in [1.807, 2.05) is 12.1 Å². The number of hydrogen-bond acceptors (Lipinski definition) is 2. The van der Waals surface area contributed by atoms with Crippen molar-refractivity contribution in [3.63, 3.8) is 0 Å². The Bertz CT molecular complexity index is 1120. The molecule has 5 rings (SSSR count). The fraction of sp³-hybridized carbons (Fsp3) is 0.444. The third kappa shape index (κ3) is 3.83. The maximum absolute atomic E-state index is 12.9. The highest BCUT2D eigenvalue weighted by Gasteiger charge is 2.51. The molecule has 3 nitrogen and oxygen atoms in total. The summed E-state index contributed by atoms with van der Waals surface area (Å²) in [4.78, 5) is 14.5. The van der Waals surface area contributed by atoms with Crippen molar-refractivity contribution in [2.45, 2.75) is 56.2 Å². The number of nitrogens with one attached hydrogen (secondary N) is 1. The summed E-state index contributed by atoms with van der Waals surface area (Å²) in [6.07, 6.45) is 2.65. The maximum Gasteiger partial charge on any atom is 0.416 e. The highest BCUT2D eigenvalue weighted by Crippen LogP contribution is 2.55. The van der Waals surface area contributed by atoms with Crippen LogP contribution in [0.4, 0.5) is 18.9 Å². The van der Waals surface area contributed by atoms with Gasteiger partial charge < -0.3 is 10.2 Å². The quantitative estimate of drug-likeness (QED) is 0.613. The summed E-state index contributed by atoms with van der Waals surface area (Å²) in [5.41, 5.74) is 3.37. The molecule has 0 radical (unpaired) electrons. The molecule has 2 aliphatic carbocycles. The number of carbonyl (C=O) groups is 1. The predicted octanol–water partition coefficient (Wildman–Crippen LogP) is 5.07. The first-order valence-electron chi connectivity index (χ1n) is 11.6. The molecule has 0 aromatic heterocycles. The van der Waals surface area contributed by atoms with Gasteiger partial charge in [0.05, 0.1) is 5.56 Å². The number of piperidine rings is 1. The lowest BCUT2D eigenvalue weighted by molar-refractivity contribution is -0.137. The molecule has 2 aromatic rings. The Labute approximate surface area is 192 Å². The number of alkyl halides is 3. The molecule has 172 valence electrons. The summed E-state index contributed by atoms with van der Waals surface area (Å²) in [6, 6.07) is 11.3. The molecule has 0 unspecified atom stereocenters. The third-order valence-corrected chi connectivity index (χ3v) is 7.86. The van der Waals surface area contributed by atoms with Gasteiger partial charge in [-0.25, -0.2) is 0 Å². The second-order valence-electron chi connectivity index (χ2n) is 9.52. The summed E-state index contributed by atoms with van der Waals surface area (Å²) in [5.74, 6) is 5.61. The van der Waals surface area contributed by atoms with Crippen LogP contribution in [0.25, 0.3) is 0 Å². The van der Waals surface area contributed by atoms with Crippen molar-refractivity contribution in [1.29, 1.82) is 0 Å². The number of amides is 1. The Hall–Kier alpha value is -2.78. The summed E-state index contributed by atoms with van der Waals surface area (Å²) in [5, 5.41) is 3.73. The van der Waals surface area contributed by atoms with Crippen LogP contribution in [0.2, 0.25) is 0 Å². The van der Waals surface area contributed by atoms with Crippen LogP contribution in [0.5, 0.6) is 0 Å². The van der Waals surface area contributed by atoms with E-state index in [9.17, 15) is 18.0 Å². The molecule has 3 atom stereocenters. The SMILES string of the molecule is CN(C(=O)C#Cc1ccc(C(F)(F)F)cc1)c1cccc2c1C[C@H]1NCC[C@@]23CCCC[C@@H]13. The van der Waals surface area contributed by atoms with E-state index in [1.54, 1.807) is 11.9 Å². The topological polar surface area (TPSA) is 32.3 Å². The van der Waals surface area contributed by atoms with Crippen LogP contribution in [0.1, 0.15) is 54.4 Å². The lowest BCUT2D eigenvalue weighted by Gasteiger charge is -2.56. The molecule has 1 amide bonds. The fourth-order valence-electron chi connectivity index (χ4n) is 6.32. The molecule has 33 heavy (non-hydrogen) atoms. The summed E-state index contributed by atoms with van der Waals surface area (Å²) in [7, 11) is 1.73. The number of halogens is 3. The molecule has 6 heteroatoms. The monoisotopic (exact) mass is 452 g/mol. The van der Waals surface area contributed by atoms with Gasteiger partial charge in [0.1, 0.15) is 0 Å². The first-order valence-corrected chi connectivity index (χ1v) is 11.6. The number of fused-ring (bicyclic) bond motifs is 1. The van der Waals surface area contributed by atoms with Gasteiger partial charge in [-0.2, -0.15) is 13.2 Å². The van der Waals surface area contributed by atoms with Crippen LogP contribution in [0, 0.1) is 17.8 Å². The molecule has 1 saturated heterocycles. The van der Waals surface area contributed by atoms with Gasteiger partial charge in [0.25, 0.3) is 0 Å². The van der Waals surface area contributed by atoms with Gasteiger partial charge in [0, 0.05) is 35.7 Å². The number of nitrogens with zero attached hydrogens (tertiary/aromatic N) is 1. The Morgan fingerprint density at radius 2 is 1.91 bits per heavy atom. The number of rotatable bonds is 1. The van der Waals surface area contributed by atoms with Gasteiger partial charge in [-0.3, -0.25) is 4.79 Å². The van der Waals surface area contributed by atoms with Crippen LogP contribution >= 0.6 is 0 Å². The molecular weight excluding hydrogens is 425 g/mol. The van der Waals surface area contributed by atoms with Crippen LogP contribution in [0.15, 0.2) is 42.5 Å². The summed E-state index contributed by atoms with van der Waals surface area (Å²) >= 11 is 0. The van der Waals surface area contributed by atoms with Crippen molar-refractivity contribution in [1.82, 2.24) is 5.32 Å². The lowest BCUT2D eigenvalue weighted by atomic mass is 9.52. The van der Waals surface area contributed by atoms with E-state index >= 15 is 0 Å². The zero-order chi connectivity index (χ0) is 23.2. The Morgan fingerprint density at radius 3 is 2.67 bits per heavy atom. The molecule has 3 aliphatic rings. The average molecular weight is 453 g/mol. The minimum Gasteiger partial charge on any atom is -0.313 e. The molecule has 2 bridgehead atoms. The standard InChI is InChI=1S/C27H27F3N2O/c1-32(25(33)13-10-18-8-11-19(12-9-18)27(28,29)30)24-7-4-6-21-20(24)17-23-22-5-2-3-14-26(21,22)15-16-31-23/h4,6-9,11-12,22-23,31H,2-3,5,14-17H2,1H3/t22-,23+,26-/m0/s1. The van der Waals surface area contributed by atoms with E-state index in [4.69, 9.17) is 0 Å². The van der Waals surface area contributed by atoms with Gasteiger partial charge in [0.15, 0.2) is 0 Å². The van der Waals surface area contributed by atoms with E-state index in [-0.39, 0.29) is 11.3 Å². The van der Waals surface area contributed by atoms with Gasteiger partial charge in [-0.15, -0.1) is 0 Å². The Balaban J connectivity index is 1.42. The lowest BCUT2D eigenvalue weighted by Crippen LogP contribution is -2.59. The first kappa shape index (κ1) is 22.0. The Morgan fingerprint density at radius 1 is 1.12 bits per heavy atom. The summed E-state index contributed by atoms with van der Waals surface area (Å²) < 4.78 is 38.3. The van der Waals surface area contributed by atoms with Crippen molar-refractivity contribution >= 4 is 11.6 Å². The molecule has 2 fully saturated rings. The van der Waals surface area contributed by atoms with Gasteiger partial charge in [0.2, 0.25) is 0 Å². The van der Waals surface area contributed by atoms with Crippen LogP contribution in [-0.2, 0) is 22.8 Å². The van der Waals surface area contributed by atoms with E-state index < -0.39 is 11.7 Å². The minimum atomic E-state index is -4.39. The number of carbonyl (C=O) groups excluding carboxylic acids is 1. The smallest absolute Gasteiger partial charge is 0.313 e. The van der Waals surface area contributed by atoms with Crippen molar-refractivity contribution in [3.8, 4) is 11.8 Å².